The van der Waals surface area contributed by atoms with Crippen LogP contribution in [0.15, 0.2) is 30.3 Å². The van der Waals surface area contributed by atoms with Crippen molar-refractivity contribution in [3.05, 3.63) is 64.5 Å². The van der Waals surface area contributed by atoms with Gasteiger partial charge in [0.1, 0.15) is 0 Å². The van der Waals surface area contributed by atoms with Gasteiger partial charge in [0.05, 0.1) is 0 Å². The zero-order valence-corrected chi connectivity index (χ0v) is 11.9. The Morgan fingerprint density at radius 2 is 1.85 bits per heavy atom. The molecule has 0 radical (unpaired) electrons. The lowest BCUT2D eigenvalue weighted by molar-refractivity contribution is 0.504. The van der Waals surface area contributed by atoms with Gasteiger partial charge in [0.15, 0.2) is 11.6 Å². The van der Waals surface area contributed by atoms with Crippen LogP contribution in [-0.4, -0.2) is 12.0 Å². The average Bonchev–Trinajstić information content (AvgIpc) is 2.41. The highest BCUT2D eigenvalue weighted by Crippen LogP contribution is 2.21. The van der Waals surface area contributed by atoms with Crippen LogP contribution < -0.4 is 5.32 Å². The van der Waals surface area contributed by atoms with E-state index in [2.05, 4.69) is 10.3 Å². The van der Waals surface area contributed by atoms with E-state index in [4.69, 9.17) is 0 Å². The van der Waals surface area contributed by atoms with Crippen LogP contribution in [-0.2, 0) is 6.42 Å². The second-order valence-corrected chi connectivity index (χ2v) is 4.92. The molecule has 1 N–H and O–H groups in total. The van der Waals surface area contributed by atoms with Crippen LogP contribution in [0, 0.1) is 25.5 Å². The molecule has 1 aromatic carbocycles. The van der Waals surface area contributed by atoms with Crippen molar-refractivity contribution in [1.29, 1.82) is 0 Å². The minimum Gasteiger partial charge on any atom is -0.313 e. The van der Waals surface area contributed by atoms with Gasteiger partial charge in [-0.1, -0.05) is 12.1 Å². The first-order valence-corrected chi connectivity index (χ1v) is 6.56. The number of likely N-dealkylation sites (N-methyl/N-ethyl adjacent to an activating group) is 1. The van der Waals surface area contributed by atoms with Crippen molar-refractivity contribution in [3.63, 3.8) is 0 Å². The topological polar surface area (TPSA) is 24.9 Å². The second kappa shape index (κ2) is 6.09. The molecular weight excluding hydrogens is 258 g/mol. The number of hydrogen-bond donors (Lipinski definition) is 1. The molecule has 4 heteroatoms. The maximum Gasteiger partial charge on any atom is 0.159 e. The molecule has 20 heavy (non-hydrogen) atoms. The minimum absolute atomic E-state index is 0.0213. The molecule has 106 valence electrons. The molecule has 0 aliphatic heterocycles. The van der Waals surface area contributed by atoms with E-state index in [1.807, 2.05) is 33.0 Å². The van der Waals surface area contributed by atoms with Crippen LogP contribution in [0.25, 0.3) is 0 Å². The molecule has 0 aliphatic carbocycles. The monoisotopic (exact) mass is 276 g/mol. The number of benzene rings is 1. The number of rotatable bonds is 4. The quantitative estimate of drug-likeness (QED) is 0.924. The first-order valence-electron chi connectivity index (χ1n) is 6.56. The predicted molar refractivity (Wildman–Crippen MR) is 75.6 cm³/mol. The maximum absolute atomic E-state index is 13.3. The minimum atomic E-state index is -0.817. The SMILES string of the molecule is CNC(Cc1ccc(F)c(F)c1)c1ccc(C)nc1C. The Hall–Kier alpha value is -1.81. The van der Waals surface area contributed by atoms with Gasteiger partial charge in [0.2, 0.25) is 0 Å². The molecule has 0 saturated heterocycles. The third-order valence-electron chi connectivity index (χ3n) is 3.41. The largest absolute Gasteiger partial charge is 0.313 e. The summed E-state index contributed by atoms with van der Waals surface area (Å²) in [6.45, 7) is 3.90. The summed E-state index contributed by atoms with van der Waals surface area (Å²) in [7, 11) is 1.85. The molecule has 0 amide bonds. The number of aryl methyl sites for hydroxylation is 2. The van der Waals surface area contributed by atoms with Gasteiger partial charge >= 0.3 is 0 Å². The van der Waals surface area contributed by atoms with E-state index in [1.165, 1.54) is 6.07 Å². The third kappa shape index (κ3) is 3.20. The fourth-order valence-corrected chi connectivity index (χ4v) is 2.34. The first-order chi connectivity index (χ1) is 9.51. The highest BCUT2D eigenvalue weighted by molar-refractivity contribution is 5.28. The van der Waals surface area contributed by atoms with Gasteiger partial charge in [-0.3, -0.25) is 4.98 Å². The summed E-state index contributed by atoms with van der Waals surface area (Å²) in [6.07, 6.45) is 0.583. The van der Waals surface area contributed by atoms with Crippen LogP contribution in [0.3, 0.4) is 0 Å². The fraction of sp³-hybridized carbons (Fsp3) is 0.312. The smallest absolute Gasteiger partial charge is 0.159 e. The van der Waals surface area contributed by atoms with Crippen LogP contribution in [0.4, 0.5) is 8.78 Å². The maximum atomic E-state index is 13.3. The van der Waals surface area contributed by atoms with Crippen LogP contribution in [0.1, 0.15) is 28.6 Å². The zero-order valence-electron chi connectivity index (χ0n) is 11.9. The number of nitrogens with zero attached hydrogens (tertiary/aromatic N) is 1. The Morgan fingerprint density at radius 1 is 1.10 bits per heavy atom. The highest BCUT2D eigenvalue weighted by Gasteiger charge is 2.14. The second-order valence-electron chi connectivity index (χ2n) is 4.92. The Kier molecular flexibility index (Phi) is 4.45. The Morgan fingerprint density at radius 3 is 2.45 bits per heavy atom. The predicted octanol–water partition coefficient (Wildman–Crippen LogP) is 3.48. The van der Waals surface area contributed by atoms with Crippen molar-refractivity contribution in [3.8, 4) is 0 Å². The lowest BCUT2D eigenvalue weighted by Gasteiger charge is -2.19. The average molecular weight is 276 g/mol. The van der Waals surface area contributed by atoms with E-state index in [0.29, 0.717) is 6.42 Å². The summed E-state index contributed by atoms with van der Waals surface area (Å²) >= 11 is 0. The van der Waals surface area contributed by atoms with Crippen molar-refractivity contribution in [2.45, 2.75) is 26.3 Å². The molecule has 1 heterocycles. The zero-order chi connectivity index (χ0) is 14.7. The van der Waals surface area contributed by atoms with Crippen LogP contribution in [0.5, 0.6) is 0 Å². The molecule has 2 rings (SSSR count). The molecule has 0 aliphatic rings. The Bertz CT molecular complexity index is 611. The summed E-state index contributed by atoms with van der Waals surface area (Å²) in [5.41, 5.74) is 3.74. The lowest BCUT2D eigenvalue weighted by atomic mass is 9.97. The molecular formula is C16H18F2N2. The van der Waals surface area contributed by atoms with Crippen molar-refractivity contribution in [2.24, 2.45) is 0 Å². The van der Waals surface area contributed by atoms with E-state index >= 15 is 0 Å². The number of aromatic nitrogens is 1. The standard InChI is InChI=1S/C16H18F2N2/c1-10-4-6-13(11(2)20-10)16(19-3)9-12-5-7-14(17)15(18)8-12/h4-8,16,19H,9H2,1-3H3. The molecule has 0 saturated carbocycles. The summed E-state index contributed by atoms with van der Waals surface area (Å²) in [5.74, 6) is -1.63. The van der Waals surface area contributed by atoms with Crippen LogP contribution >= 0.6 is 0 Å². The Balaban J connectivity index is 2.26. The number of hydrogen-bond acceptors (Lipinski definition) is 2. The van der Waals surface area contributed by atoms with Crippen LogP contribution in [0.2, 0.25) is 0 Å². The van der Waals surface area contributed by atoms with E-state index in [1.54, 1.807) is 6.07 Å². The van der Waals surface area contributed by atoms with Gasteiger partial charge in [-0.15, -0.1) is 0 Å². The van der Waals surface area contributed by atoms with Gasteiger partial charge < -0.3 is 5.32 Å². The van der Waals surface area contributed by atoms with E-state index in [9.17, 15) is 8.78 Å². The first kappa shape index (κ1) is 14.6. The molecule has 1 unspecified atom stereocenters. The van der Waals surface area contributed by atoms with E-state index in [0.717, 1.165) is 28.6 Å². The summed E-state index contributed by atoms with van der Waals surface area (Å²) in [5, 5.41) is 3.21. The highest BCUT2D eigenvalue weighted by atomic mass is 19.2. The molecule has 2 nitrogen and oxygen atoms in total. The molecule has 0 bridgehead atoms. The van der Waals surface area contributed by atoms with Crippen molar-refractivity contribution < 1.29 is 8.78 Å². The molecule has 0 fully saturated rings. The summed E-state index contributed by atoms with van der Waals surface area (Å²) < 4.78 is 26.2. The van der Waals surface area contributed by atoms with Crippen molar-refractivity contribution in [1.82, 2.24) is 10.3 Å². The Labute approximate surface area is 117 Å². The van der Waals surface area contributed by atoms with Crippen molar-refractivity contribution in [2.75, 3.05) is 7.05 Å². The van der Waals surface area contributed by atoms with Gasteiger partial charge in [-0.05, 0) is 56.6 Å². The van der Waals surface area contributed by atoms with E-state index < -0.39 is 11.6 Å². The fourth-order valence-electron chi connectivity index (χ4n) is 2.34. The molecule has 1 atom stereocenters. The van der Waals surface area contributed by atoms with E-state index in [-0.39, 0.29) is 6.04 Å². The number of pyridine rings is 1. The summed E-state index contributed by atoms with van der Waals surface area (Å²) in [4.78, 5) is 4.44. The van der Waals surface area contributed by atoms with Gasteiger partial charge in [0, 0.05) is 17.4 Å². The molecule has 0 spiro atoms. The summed E-state index contributed by atoms with van der Waals surface area (Å²) in [6, 6.07) is 8.03. The van der Waals surface area contributed by atoms with Gasteiger partial charge in [-0.25, -0.2) is 8.78 Å². The molecule has 2 aromatic rings. The normalized spacial score (nSPS) is 12.4. The van der Waals surface area contributed by atoms with Gasteiger partial charge in [0.25, 0.3) is 0 Å². The third-order valence-corrected chi connectivity index (χ3v) is 3.41. The molecule has 1 aromatic heterocycles. The van der Waals surface area contributed by atoms with Crippen molar-refractivity contribution >= 4 is 0 Å². The lowest BCUT2D eigenvalue weighted by Crippen LogP contribution is -2.20. The number of nitrogens with one attached hydrogen (secondary N) is 1. The van der Waals surface area contributed by atoms with Gasteiger partial charge in [-0.2, -0.15) is 0 Å². The number of halogens is 2.